The van der Waals surface area contributed by atoms with Crippen molar-refractivity contribution in [2.75, 3.05) is 39.2 Å². The predicted molar refractivity (Wildman–Crippen MR) is 175 cm³/mol. The maximum atomic E-state index is 13.3. The van der Waals surface area contributed by atoms with E-state index in [-0.39, 0.29) is 52.3 Å². The van der Waals surface area contributed by atoms with E-state index in [4.69, 9.17) is 14.2 Å². The van der Waals surface area contributed by atoms with E-state index in [2.05, 4.69) is 11.9 Å². The molecule has 0 heterocycles. The first kappa shape index (κ1) is 38.0. The number of nitrogens with one attached hydrogen (secondary N) is 1. The van der Waals surface area contributed by atoms with Crippen molar-refractivity contribution in [3.63, 3.8) is 0 Å². The molecular formula is C36H37F3N2O8. The minimum atomic E-state index is -4.64. The Kier molecular flexibility index (Phi) is 12.5. The number of ether oxygens (including phenoxy) is 3. The lowest BCUT2D eigenvalue weighted by molar-refractivity contribution is -0.170. The van der Waals surface area contributed by atoms with Gasteiger partial charge in [0.25, 0.3) is 11.8 Å². The highest BCUT2D eigenvalue weighted by Gasteiger charge is 2.52. The molecule has 0 saturated heterocycles. The Morgan fingerprint density at radius 2 is 1.39 bits per heavy atom. The molecule has 49 heavy (non-hydrogen) atoms. The van der Waals surface area contributed by atoms with Crippen LogP contribution in [0.4, 0.5) is 18.9 Å². The number of amides is 2. The molecule has 0 aliphatic carbocycles. The van der Waals surface area contributed by atoms with Gasteiger partial charge in [-0.1, -0.05) is 48.6 Å². The van der Waals surface area contributed by atoms with Crippen LogP contribution in [0.5, 0.6) is 0 Å². The Balaban J connectivity index is 1.92. The van der Waals surface area contributed by atoms with Gasteiger partial charge < -0.3 is 24.4 Å². The Bertz CT molecular complexity index is 1720. The lowest BCUT2D eigenvalue weighted by Gasteiger charge is -2.29. The highest BCUT2D eigenvalue weighted by atomic mass is 19.4. The molecule has 0 saturated carbocycles. The van der Waals surface area contributed by atoms with Gasteiger partial charge in [0.2, 0.25) is 5.41 Å². The first-order valence-corrected chi connectivity index (χ1v) is 15.1. The largest absolute Gasteiger partial charge is 0.465 e. The van der Waals surface area contributed by atoms with Gasteiger partial charge in [-0.15, -0.1) is 0 Å². The van der Waals surface area contributed by atoms with Crippen LogP contribution >= 0.6 is 0 Å². The minimum absolute atomic E-state index is 0.0237. The molecule has 3 aromatic carbocycles. The molecule has 0 radical (unpaired) electrons. The fraction of sp³-hybridized carbons (Fsp3) is 0.306. The van der Waals surface area contributed by atoms with Crippen molar-refractivity contribution in [1.29, 1.82) is 0 Å². The second-order valence-corrected chi connectivity index (χ2v) is 11.1. The summed E-state index contributed by atoms with van der Waals surface area (Å²) in [6.07, 6.45) is -5.04. The zero-order valence-corrected chi connectivity index (χ0v) is 27.7. The molecule has 10 nitrogen and oxygen atoms in total. The standard InChI is InChI=1S/C36H37F3N2O8/c1-7-47-33(45)35(34(46)48-8-2,24-12-10-9-11-13-24)21-49-30(42)19-23-14-17-29(28(18-23)32(44)41(5)6)40-31(43)26-16-15-25(36(37,38)39)20-27(26)22(3)4/h9-18,20H,3,7-8,19,21H2,1-2,4-6H3,(H,40,43). The number of alkyl halides is 3. The Hall–Kier alpha value is -5.46. The number of rotatable bonds is 13. The number of anilines is 1. The van der Waals surface area contributed by atoms with Gasteiger partial charge in [-0.2, -0.15) is 13.2 Å². The fourth-order valence-corrected chi connectivity index (χ4v) is 4.85. The van der Waals surface area contributed by atoms with Crippen LogP contribution in [-0.4, -0.2) is 68.5 Å². The zero-order valence-electron chi connectivity index (χ0n) is 27.7. The number of esters is 3. The molecule has 2 amide bonds. The van der Waals surface area contributed by atoms with Gasteiger partial charge >= 0.3 is 24.1 Å². The summed E-state index contributed by atoms with van der Waals surface area (Å²) in [5.74, 6) is -4.12. The van der Waals surface area contributed by atoms with Crippen molar-refractivity contribution in [3.8, 4) is 0 Å². The summed E-state index contributed by atoms with van der Waals surface area (Å²) in [4.78, 5) is 67.3. The Morgan fingerprint density at radius 1 is 0.776 bits per heavy atom. The Morgan fingerprint density at radius 3 is 1.92 bits per heavy atom. The molecule has 0 fully saturated rings. The number of benzene rings is 3. The summed E-state index contributed by atoms with van der Waals surface area (Å²) in [6.45, 7) is 7.43. The molecule has 3 aromatic rings. The van der Waals surface area contributed by atoms with Crippen molar-refractivity contribution >= 4 is 41.0 Å². The number of halogens is 3. The molecule has 1 N–H and O–H groups in total. The molecule has 0 aromatic heterocycles. The van der Waals surface area contributed by atoms with Crippen molar-refractivity contribution in [3.05, 3.63) is 107 Å². The van der Waals surface area contributed by atoms with Gasteiger partial charge in [0.15, 0.2) is 0 Å². The second-order valence-electron chi connectivity index (χ2n) is 11.1. The van der Waals surface area contributed by atoms with Crippen LogP contribution in [0.25, 0.3) is 5.57 Å². The monoisotopic (exact) mass is 682 g/mol. The summed E-state index contributed by atoms with van der Waals surface area (Å²) in [5.41, 5.74) is -2.48. The SMILES string of the molecule is C=C(C)c1cc(C(F)(F)F)ccc1C(=O)Nc1ccc(CC(=O)OCC(C(=O)OCC)(C(=O)OCC)c2ccccc2)cc1C(=O)N(C)C. The summed E-state index contributed by atoms with van der Waals surface area (Å²) in [5, 5.41) is 2.58. The van der Waals surface area contributed by atoms with Crippen LogP contribution in [0, 0.1) is 0 Å². The first-order chi connectivity index (χ1) is 23.1. The molecule has 0 bridgehead atoms. The van der Waals surface area contributed by atoms with Crippen LogP contribution in [-0.2, 0) is 46.6 Å². The maximum Gasteiger partial charge on any atom is 0.416 e. The molecule has 260 valence electrons. The summed E-state index contributed by atoms with van der Waals surface area (Å²) in [6, 6.07) is 14.7. The number of carbonyl (C=O) groups is 5. The molecule has 0 aliphatic rings. The van der Waals surface area contributed by atoms with Crippen molar-refractivity contribution < 1.29 is 51.4 Å². The highest BCUT2D eigenvalue weighted by molar-refractivity contribution is 6.11. The predicted octanol–water partition coefficient (Wildman–Crippen LogP) is 5.84. The lowest BCUT2D eigenvalue weighted by atomic mass is 9.81. The topological polar surface area (TPSA) is 128 Å². The van der Waals surface area contributed by atoms with E-state index >= 15 is 0 Å². The van der Waals surface area contributed by atoms with Gasteiger partial charge in [0.1, 0.15) is 6.61 Å². The van der Waals surface area contributed by atoms with E-state index in [1.807, 2.05) is 0 Å². The molecule has 3 rings (SSSR count). The smallest absolute Gasteiger partial charge is 0.416 e. The van der Waals surface area contributed by atoms with Gasteiger partial charge in [-0.3, -0.25) is 24.0 Å². The third-order valence-corrected chi connectivity index (χ3v) is 7.33. The first-order valence-electron chi connectivity index (χ1n) is 15.1. The summed E-state index contributed by atoms with van der Waals surface area (Å²) in [7, 11) is 2.94. The lowest BCUT2D eigenvalue weighted by Crippen LogP contribution is -2.50. The number of nitrogens with zero attached hydrogens (tertiary/aromatic N) is 1. The van der Waals surface area contributed by atoms with Crippen molar-refractivity contribution in [2.24, 2.45) is 0 Å². The van der Waals surface area contributed by atoms with E-state index in [1.54, 1.807) is 32.0 Å². The van der Waals surface area contributed by atoms with E-state index in [0.717, 1.165) is 18.2 Å². The van der Waals surface area contributed by atoms with Crippen molar-refractivity contribution in [2.45, 2.75) is 38.8 Å². The summed E-state index contributed by atoms with van der Waals surface area (Å²) < 4.78 is 55.9. The zero-order chi connectivity index (χ0) is 36.5. The number of hydrogen-bond acceptors (Lipinski definition) is 8. The highest BCUT2D eigenvalue weighted by Crippen LogP contribution is 2.33. The van der Waals surface area contributed by atoms with Crippen molar-refractivity contribution in [1.82, 2.24) is 4.90 Å². The van der Waals surface area contributed by atoms with Crippen LogP contribution in [0.1, 0.15) is 63.7 Å². The van der Waals surface area contributed by atoms with E-state index < -0.39 is 59.9 Å². The molecule has 0 spiro atoms. The normalized spacial score (nSPS) is 11.3. The maximum absolute atomic E-state index is 13.3. The molecule has 0 atom stereocenters. The quantitative estimate of drug-likeness (QED) is 0.135. The van der Waals surface area contributed by atoms with Crippen LogP contribution in [0.15, 0.2) is 73.3 Å². The fourth-order valence-electron chi connectivity index (χ4n) is 4.85. The molecule has 0 unspecified atom stereocenters. The number of hydrogen-bond donors (Lipinski definition) is 1. The molecular weight excluding hydrogens is 645 g/mol. The van der Waals surface area contributed by atoms with Crippen LogP contribution in [0.3, 0.4) is 0 Å². The van der Waals surface area contributed by atoms with Crippen LogP contribution in [0.2, 0.25) is 0 Å². The van der Waals surface area contributed by atoms with E-state index in [9.17, 15) is 37.1 Å². The average molecular weight is 683 g/mol. The van der Waals surface area contributed by atoms with Crippen LogP contribution < -0.4 is 5.32 Å². The molecule has 13 heteroatoms. The van der Waals surface area contributed by atoms with Gasteiger partial charge in [-0.05, 0) is 67.8 Å². The van der Waals surface area contributed by atoms with Gasteiger partial charge in [0, 0.05) is 19.7 Å². The third kappa shape index (κ3) is 8.92. The second kappa shape index (κ2) is 16.1. The number of carbonyl (C=O) groups excluding carboxylic acids is 5. The molecule has 0 aliphatic heterocycles. The average Bonchev–Trinajstić information content (AvgIpc) is 3.05. The van der Waals surface area contributed by atoms with Gasteiger partial charge in [0.05, 0.1) is 36.4 Å². The minimum Gasteiger partial charge on any atom is -0.465 e. The summed E-state index contributed by atoms with van der Waals surface area (Å²) >= 11 is 0. The van der Waals surface area contributed by atoms with E-state index in [1.165, 1.54) is 56.3 Å². The number of allylic oxidation sites excluding steroid dienone is 1. The van der Waals surface area contributed by atoms with Gasteiger partial charge in [-0.25, -0.2) is 0 Å². The van der Waals surface area contributed by atoms with E-state index in [0.29, 0.717) is 0 Å². The Labute approximate surface area is 281 Å². The third-order valence-electron chi connectivity index (χ3n) is 7.33.